The number of pyridine rings is 2. The molecule has 6 aromatic rings. The zero-order valence-electron chi connectivity index (χ0n) is 30.9. The fraction of sp³-hybridized carbons (Fsp3) is 0.341. The lowest BCUT2D eigenvalue weighted by molar-refractivity contribution is 0.0127. The first-order chi connectivity index (χ1) is 26.0. The maximum absolute atomic E-state index is 13.4. The van der Waals surface area contributed by atoms with Gasteiger partial charge in [-0.2, -0.15) is 0 Å². The Morgan fingerprint density at radius 1 is 1.02 bits per heavy atom. The van der Waals surface area contributed by atoms with Crippen LogP contribution in [0.4, 0.5) is 14.6 Å². The largest absolute Gasteiger partial charge is 0.496 e. The number of nitrogens with one attached hydrogen (secondary N) is 1. The van der Waals surface area contributed by atoms with Gasteiger partial charge < -0.3 is 19.4 Å². The van der Waals surface area contributed by atoms with Crippen LogP contribution >= 0.6 is 22.9 Å². The molecule has 5 heterocycles. The molecule has 0 atom stereocenters. The molecule has 4 aromatic heterocycles. The number of hydrogen-bond acceptors (Lipinski definition) is 9. The van der Waals surface area contributed by atoms with Crippen molar-refractivity contribution in [2.45, 2.75) is 71.8 Å². The molecule has 3 aliphatic rings. The van der Waals surface area contributed by atoms with Gasteiger partial charge in [-0.15, -0.1) is 21.5 Å². The second kappa shape index (κ2) is 15.4. The van der Waals surface area contributed by atoms with Crippen molar-refractivity contribution >= 4 is 44.7 Å². The molecule has 0 radical (unpaired) electrons. The first kappa shape index (κ1) is 37.4. The van der Waals surface area contributed by atoms with Crippen LogP contribution in [0.25, 0.3) is 32.0 Å². The van der Waals surface area contributed by atoms with Crippen molar-refractivity contribution < 1.29 is 22.7 Å². The highest BCUT2D eigenvalue weighted by atomic mass is 35.5. The second-order valence-corrected chi connectivity index (χ2v) is 15.1. The molecule has 1 amide bonds. The Bertz CT molecular complexity index is 2360. The number of thiophene rings is 1. The molecule has 280 valence electrons. The smallest absolute Gasteiger partial charge is 0.256 e. The standard InChI is InChI=1S/C22H22N6O2S.C10H10F2O.C9H9Cl/c1-5-8-28-10-14-17(22(28)29)18(16(11(2)25-14)21-27-26-12(3)30-21)15-9-13-6-7-24-20(23-4)19(13)31-15;1-13-9-4-2-3-7-5-10(11,12)6-8(7)9;10-9-5-4-7-2-1-3-8(7)6-9/h6-7,9H,5,8,10H2,1-4H3,(H,23,24);2-4H,5-6H2,1H3;4-6H,1-3H2. The molecule has 2 aromatic carbocycles. The van der Waals surface area contributed by atoms with Crippen molar-refractivity contribution in [3.63, 3.8) is 0 Å². The number of fused-ring (bicyclic) bond motifs is 4. The highest BCUT2D eigenvalue weighted by Gasteiger charge is 2.39. The summed E-state index contributed by atoms with van der Waals surface area (Å²) in [6.07, 6.45) is 6.09. The number of benzene rings is 2. The molecule has 0 bridgehead atoms. The van der Waals surface area contributed by atoms with Gasteiger partial charge in [0.25, 0.3) is 11.8 Å². The minimum absolute atomic E-state index is 0.00117. The third-order valence-electron chi connectivity index (χ3n) is 9.84. The molecule has 1 aliphatic heterocycles. The number of halogens is 3. The van der Waals surface area contributed by atoms with E-state index in [2.05, 4.69) is 45.6 Å². The first-order valence-corrected chi connectivity index (χ1v) is 19.2. The molecule has 9 rings (SSSR count). The van der Waals surface area contributed by atoms with Gasteiger partial charge in [-0.3, -0.25) is 9.78 Å². The Balaban J connectivity index is 0.000000158. The molecule has 0 saturated heterocycles. The monoisotopic (exact) mass is 770 g/mol. The van der Waals surface area contributed by atoms with Gasteiger partial charge in [-0.05, 0) is 85.0 Å². The fourth-order valence-corrected chi connectivity index (χ4v) is 8.85. The number of ether oxygens (including phenoxy) is 1. The molecular formula is C41H41ClF2N6O3S. The Kier molecular flexibility index (Phi) is 10.7. The summed E-state index contributed by atoms with van der Waals surface area (Å²) in [5.41, 5.74) is 8.06. The van der Waals surface area contributed by atoms with E-state index in [1.807, 2.05) is 31.0 Å². The van der Waals surface area contributed by atoms with Gasteiger partial charge in [0.15, 0.2) is 0 Å². The molecule has 9 nitrogen and oxygen atoms in total. The number of hydrogen-bond donors (Lipinski definition) is 1. The summed E-state index contributed by atoms with van der Waals surface area (Å²) >= 11 is 7.42. The fourth-order valence-electron chi connectivity index (χ4n) is 7.45. The molecule has 0 saturated carbocycles. The molecule has 13 heteroatoms. The number of aromatic nitrogens is 4. The predicted octanol–water partition coefficient (Wildman–Crippen LogP) is 9.69. The van der Waals surface area contributed by atoms with E-state index in [4.69, 9.17) is 25.7 Å². The summed E-state index contributed by atoms with van der Waals surface area (Å²) in [7, 11) is 3.36. The number of methoxy groups -OCH3 is 1. The summed E-state index contributed by atoms with van der Waals surface area (Å²) in [5.74, 6) is -0.345. The Morgan fingerprint density at radius 2 is 1.83 bits per heavy atom. The van der Waals surface area contributed by atoms with E-state index in [9.17, 15) is 13.6 Å². The van der Waals surface area contributed by atoms with E-state index in [0.29, 0.717) is 47.3 Å². The van der Waals surface area contributed by atoms with Crippen LogP contribution in [0.3, 0.4) is 0 Å². The van der Waals surface area contributed by atoms with Crippen molar-refractivity contribution in [3.05, 3.63) is 105 Å². The third kappa shape index (κ3) is 7.41. The van der Waals surface area contributed by atoms with E-state index in [-0.39, 0.29) is 18.7 Å². The van der Waals surface area contributed by atoms with Crippen molar-refractivity contribution in [1.82, 2.24) is 25.1 Å². The highest BCUT2D eigenvalue weighted by Crippen LogP contribution is 2.46. The second-order valence-electron chi connectivity index (χ2n) is 13.6. The van der Waals surface area contributed by atoms with Gasteiger partial charge in [0.2, 0.25) is 11.8 Å². The SMILES string of the molecule is CCCN1Cc2nc(C)c(-c3nnc(C)o3)c(-c3cc4ccnc(NC)c4s3)c2C1=O.COc1cccc2c1CC(F)(F)C2.Clc1ccc2c(c1)CCC2. The van der Waals surface area contributed by atoms with Crippen LogP contribution in [0.1, 0.15) is 69.7 Å². The number of carbonyl (C=O) groups is 1. The molecule has 2 aliphatic carbocycles. The Morgan fingerprint density at radius 3 is 2.57 bits per heavy atom. The molecule has 0 fully saturated rings. The summed E-state index contributed by atoms with van der Waals surface area (Å²) in [5, 5.41) is 13.4. The van der Waals surface area contributed by atoms with Gasteiger partial charge in [0.1, 0.15) is 11.6 Å². The van der Waals surface area contributed by atoms with E-state index in [1.165, 1.54) is 37.5 Å². The molecule has 1 N–H and O–H groups in total. The lowest BCUT2D eigenvalue weighted by atomic mass is 9.97. The van der Waals surface area contributed by atoms with Gasteiger partial charge in [0, 0.05) is 60.6 Å². The van der Waals surface area contributed by atoms with Crippen LogP contribution < -0.4 is 10.1 Å². The Hall–Kier alpha value is -4.94. The van der Waals surface area contributed by atoms with Crippen LogP contribution in [0.15, 0.2) is 59.1 Å². The number of rotatable bonds is 6. The van der Waals surface area contributed by atoms with Crippen molar-refractivity contribution in [2.24, 2.45) is 0 Å². The zero-order chi connectivity index (χ0) is 38.1. The number of carbonyl (C=O) groups excluding carboxylic acids is 1. The highest BCUT2D eigenvalue weighted by molar-refractivity contribution is 7.23. The topological polar surface area (TPSA) is 106 Å². The van der Waals surface area contributed by atoms with Crippen LogP contribution in [0.2, 0.25) is 5.02 Å². The summed E-state index contributed by atoms with van der Waals surface area (Å²) in [6.45, 7) is 6.97. The van der Waals surface area contributed by atoms with Gasteiger partial charge in [-0.25, -0.2) is 13.8 Å². The average Bonchev–Trinajstić information content (AvgIpc) is 3.98. The minimum Gasteiger partial charge on any atom is -0.496 e. The van der Waals surface area contributed by atoms with E-state index in [1.54, 1.807) is 42.7 Å². The number of amides is 1. The normalized spacial score (nSPS) is 14.9. The number of nitrogens with zero attached hydrogens (tertiary/aromatic N) is 5. The number of alkyl halides is 2. The quantitative estimate of drug-likeness (QED) is 0.179. The van der Waals surface area contributed by atoms with Crippen LogP contribution in [-0.4, -0.2) is 57.6 Å². The number of aryl methyl sites for hydroxylation is 4. The lowest BCUT2D eigenvalue weighted by Crippen LogP contribution is -2.24. The predicted molar refractivity (Wildman–Crippen MR) is 209 cm³/mol. The third-order valence-corrected chi connectivity index (χ3v) is 11.3. The summed E-state index contributed by atoms with van der Waals surface area (Å²) in [4.78, 5) is 25.4. The van der Waals surface area contributed by atoms with Crippen molar-refractivity contribution in [2.75, 3.05) is 26.0 Å². The van der Waals surface area contributed by atoms with Crippen LogP contribution in [-0.2, 0) is 32.2 Å². The first-order valence-electron chi connectivity index (χ1n) is 18.0. The molecule has 0 spiro atoms. The maximum Gasteiger partial charge on any atom is 0.256 e. The van der Waals surface area contributed by atoms with E-state index in [0.717, 1.165) is 54.7 Å². The lowest BCUT2D eigenvalue weighted by Gasteiger charge is -2.14. The van der Waals surface area contributed by atoms with E-state index >= 15 is 0 Å². The van der Waals surface area contributed by atoms with Gasteiger partial charge >= 0.3 is 0 Å². The zero-order valence-corrected chi connectivity index (χ0v) is 32.4. The molecule has 54 heavy (non-hydrogen) atoms. The van der Waals surface area contributed by atoms with Gasteiger partial charge in [0.05, 0.1) is 40.9 Å². The molecular weight excluding hydrogens is 730 g/mol. The minimum atomic E-state index is -2.59. The maximum atomic E-state index is 13.4. The summed E-state index contributed by atoms with van der Waals surface area (Å²) in [6, 6.07) is 15.5. The Labute approximate surface area is 321 Å². The van der Waals surface area contributed by atoms with E-state index < -0.39 is 5.92 Å². The van der Waals surface area contributed by atoms with Gasteiger partial charge in [-0.1, -0.05) is 36.7 Å². The van der Waals surface area contributed by atoms with Crippen molar-refractivity contribution in [3.8, 4) is 27.6 Å². The average molecular weight is 771 g/mol. The van der Waals surface area contributed by atoms with Crippen molar-refractivity contribution in [1.29, 1.82) is 0 Å². The van der Waals surface area contributed by atoms with Crippen LogP contribution in [0, 0.1) is 13.8 Å². The summed E-state index contributed by atoms with van der Waals surface area (Å²) < 4.78 is 37.8. The number of anilines is 1. The molecule has 0 unspecified atom stereocenters. The van der Waals surface area contributed by atoms with Crippen LogP contribution in [0.5, 0.6) is 5.75 Å².